The quantitative estimate of drug-likeness (QED) is 0.0121. The second-order valence-electron chi connectivity index (χ2n) is 15.4. The number of aromatic nitrogens is 4. The van der Waals surface area contributed by atoms with Crippen molar-refractivity contribution >= 4 is 76.2 Å². The van der Waals surface area contributed by atoms with E-state index in [1.54, 1.807) is 12.1 Å². The molecule has 12 N–H and O–H groups in total. The predicted octanol–water partition coefficient (Wildman–Crippen LogP) is -0.719. The molecule has 0 aliphatic carbocycles. The summed E-state index contributed by atoms with van der Waals surface area (Å²) in [6.07, 6.45) is 5.86. The summed E-state index contributed by atoms with van der Waals surface area (Å²) in [6, 6.07) is 5.29. The number of urea groups is 1. The van der Waals surface area contributed by atoms with Crippen LogP contribution in [-0.4, -0.2) is 168 Å². The number of H-pyrrole nitrogens is 1. The Kier molecular flexibility index (Phi) is 22.1. The molecule has 0 radical (unpaired) electrons. The van der Waals surface area contributed by atoms with Crippen molar-refractivity contribution in [3.05, 3.63) is 52.1 Å². The summed E-state index contributed by atoms with van der Waals surface area (Å²) in [5.41, 5.74) is 6.91. The lowest BCUT2D eigenvalue weighted by Gasteiger charge is -2.16. The van der Waals surface area contributed by atoms with E-state index < -0.39 is 29.4 Å². The minimum absolute atomic E-state index is 0.0000881. The molecule has 25 nitrogen and oxygen atoms in total. The van der Waals surface area contributed by atoms with E-state index in [0.29, 0.717) is 68.3 Å². The Balaban J connectivity index is 0.805. The number of ether oxygens (including phenoxy) is 4. The fraction of sp³-hybridized carbons (Fsp3) is 0.548. The van der Waals surface area contributed by atoms with Gasteiger partial charge in [0.15, 0.2) is 11.2 Å². The van der Waals surface area contributed by atoms with Gasteiger partial charge >= 0.3 is 12.0 Å². The van der Waals surface area contributed by atoms with Crippen LogP contribution in [0.25, 0.3) is 11.2 Å². The van der Waals surface area contributed by atoms with Crippen LogP contribution in [0, 0.1) is 0 Å². The van der Waals surface area contributed by atoms with Crippen molar-refractivity contribution in [1.29, 1.82) is 0 Å². The zero-order chi connectivity index (χ0) is 48.5. The second-order valence-corrected chi connectivity index (χ2v) is 16.7. The molecule has 2 aromatic heterocycles. The van der Waals surface area contributed by atoms with Gasteiger partial charge in [-0.3, -0.25) is 29.2 Å². The first-order valence-corrected chi connectivity index (χ1v) is 23.2. The molecule has 0 unspecified atom stereocenters. The number of hydrazone groups is 1. The maximum Gasteiger partial charge on any atom is 0.326 e. The van der Waals surface area contributed by atoms with Gasteiger partial charge in [0.2, 0.25) is 17.8 Å². The van der Waals surface area contributed by atoms with Crippen LogP contribution in [0.1, 0.15) is 54.6 Å². The molecule has 4 atom stereocenters. The van der Waals surface area contributed by atoms with Crippen molar-refractivity contribution in [3.8, 4) is 0 Å². The molecule has 68 heavy (non-hydrogen) atoms. The van der Waals surface area contributed by atoms with Crippen molar-refractivity contribution in [2.45, 2.75) is 68.4 Å². The number of thioether (sulfide) groups is 1. The third-order valence-corrected chi connectivity index (χ3v) is 11.9. The van der Waals surface area contributed by atoms with Crippen LogP contribution in [0.2, 0.25) is 0 Å². The van der Waals surface area contributed by atoms with Gasteiger partial charge in [-0.25, -0.2) is 19.6 Å². The Morgan fingerprint density at radius 3 is 2.34 bits per heavy atom. The third-order valence-electron chi connectivity index (χ3n) is 10.4. The Morgan fingerprint density at radius 2 is 1.62 bits per heavy atom. The molecule has 0 bridgehead atoms. The smallest absolute Gasteiger partial charge is 0.326 e. The fourth-order valence-electron chi connectivity index (χ4n) is 6.85. The van der Waals surface area contributed by atoms with Crippen molar-refractivity contribution in [2.24, 2.45) is 15.9 Å². The number of carboxylic acid groups (broad SMARTS) is 1. The summed E-state index contributed by atoms with van der Waals surface area (Å²) < 4.78 is 22.0. The minimum Gasteiger partial charge on any atom is -0.480 e. The summed E-state index contributed by atoms with van der Waals surface area (Å²) in [5.74, 6) is 3.99. The molecule has 26 heteroatoms. The van der Waals surface area contributed by atoms with Crippen molar-refractivity contribution < 1.29 is 48.0 Å². The minimum atomic E-state index is -1.30. The molecule has 5 amide bonds. The zero-order valence-electron chi connectivity index (χ0n) is 37.5. The van der Waals surface area contributed by atoms with Crippen molar-refractivity contribution in [3.63, 3.8) is 0 Å². The number of carboxylic acids is 1. The van der Waals surface area contributed by atoms with Gasteiger partial charge in [0.25, 0.3) is 11.5 Å². The number of aliphatic imine (C=N–C) groups is 1. The van der Waals surface area contributed by atoms with Crippen molar-refractivity contribution in [1.82, 2.24) is 46.5 Å². The van der Waals surface area contributed by atoms with Crippen LogP contribution in [-0.2, 0) is 39.9 Å². The average molecular weight is 969 g/mol. The molecular weight excluding hydrogens is 909 g/mol. The molecule has 4 heterocycles. The molecule has 1 aromatic carbocycles. The highest BCUT2D eigenvalue weighted by Gasteiger charge is 2.42. The van der Waals surface area contributed by atoms with E-state index >= 15 is 0 Å². The number of fused-ring (bicyclic) bond motifs is 2. The number of nitrogen functional groups attached to an aromatic ring is 1. The summed E-state index contributed by atoms with van der Waals surface area (Å²) in [6.45, 7) is 3.46. The monoisotopic (exact) mass is 968 g/mol. The number of carbonyl (C=O) groups excluding carboxylic acids is 4. The molecular formula is C42H60N14O11S. The molecule has 370 valence electrons. The molecule has 2 fully saturated rings. The first kappa shape index (κ1) is 52.5. The number of amides is 5. The highest BCUT2D eigenvalue weighted by Crippen LogP contribution is 2.33. The number of aromatic amines is 1. The van der Waals surface area contributed by atoms with Crippen LogP contribution in [0.5, 0.6) is 0 Å². The van der Waals surface area contributed by atoms with Gasteiger partial charge in [-0.05, 0) is 43.5 Å². The van der Waals surface area contributed by atoms with Crippen LogP contribution in [0.15, 0.2) is 45.4 Å². The fourth-order valence-corrected chi connectivity index (χ4v) is 8.40. The summed E-state index contributed by atoms with van der Waals surface area (Å²) >= 11 is 1.88. The molecule has 2 aliphatic heterocycles. The number of aliphatic carboxylic acids is 1. The van der Waals surface area contributed by atoms with Crippen molar-refractivity contribution in [2.75, 3.05) is 89.3 Å². The third kappa shape index (κ3) is 18.3. The van der Waals surface area contributed by atoms with E-state index in [1.807, 2.05) is 11.8 Å². The number of nitrogens with one attached hydrogen (secondary N) is 7. The molecule has 3 aromatic rings. The van der Waals surface area contributed by atoms with Gasteiger partial charge < -0.3 is 67.5 Å². The molecule has 0 spiro atoms. The lowest BCUT2D eigenvalue weighted by Crippen LogP contribution is -2.41. The number of anilines is 2. The number of nitrogens with two attached hydrogens (primary N) is 2. The van der Waals surface area contributed by atoms with E-state index in [9.17, 15) is 33.9 Å². The Bertz CT molecular complexity index is 2250. The number of hydrogen-bond donors (Lipinski definition) is 10. The van der Waals surface area contributed by atoms with E-state index in [4.69, 9.17) is 30.5 Å². The lowest BCUT2D eigenvalue weighted by atomic mass is 10.0. The maximum absolute atomic E-state index is 12.8. The van der Waals surface area contributed by atoms with Gasteiger partial charge in [-0.2, -0.15) is 21.8 Å². The maximum atomic E-state index is 12.8. The molecule has 5 rings (SSSR count). The topological polar surface area (TPSA) is 363 Å². The SMILES string of the molecule is N/N=C(\C=NCCOCCOCCNC(=O)CCCC[C@@H]1SC[C@@H]2NC(=O)N[C@@H]21)COCCOCCNC(=O)CC[C@H](NC(=O)c1ccc(NCc2cnc3nc(N)[nH]c(=O)c3n2)cc1)C(=O)O. The van der Waals surface area contributed by atoms with Gasteiger partial charge in [0.05, 0.1) is 89.9 Å². The van der Waals surface area contributed by atoms with Gasteiger partial charge in [-0.1, -0.05) is 6.42 Å². The van der Waals surface area contributed by atoms with Gasteiger partial charge in [0, 0.05) is 54.4 Å². The lowest BCUT2D eigenvalue weighted by molar-refractivity contribution is -0.139. The van der Waals surface area contributed by atoms with Gasteiger partial charge in [0.1, 0.15) is 11.8 Å². The van der Waals surface area contributed by atoms with Crippen LogP contribution in [0.3, 0.4) is 0 Å². The molecule has 0 saturated carbocycles. The summed E-state index contributed by atoms with van der Waals surface area (Å²) in [7, 11) is 0. The van der Waals surface area contributed by atoms with Crippen LogP contribution < -0.4 is 49.0 Å². The number of nitrogens with zero attached hydrogens (tertiary/aromatic N) is 5. The summed E-state index contributed by atoms with van der Waals surface area (Å²) in [4.78, 5) is 91.7. The second kappa shape index (κ2) is 28.6. The number of hydrogen-bond acceptors (Lipinski definition) is 19. The standard InChI is InChI=1S/C42H60N14O11S/c43-41-54-37-36(39(60)55-41)50-28(23-49-37)22-48-27-7-5-26(6-8-27)38(59)51-30(40(61)62)9-10-34(58)47-13-16-66-19-20-67-24-29(56-44)21-45-11-14-64-17-18-65-15-12-46-33(57)4-2-1-3-32-35-31(25-68-32)52-42(63)53-35/h5-8,21,23,30-32,35,48H,1-4,9-20,22,24-25,44H2,(H,46,57)(H,47,58)(H,51,59)(H,61,62)(H2,52,53,63)(H3,43,49,54,55,60)/b45-21?,56-29+/t30-,31-,32-,35-/m0/s1. The normalized spacial score (nSPS) is 17.1. The largest absolute Gasteiger partial charge is 0.480 e. The first-order chi connectivity index (χ1) is 33.0. The Labute approximate surface area is 395 Å². The first-order valence-electron chi connectivity index (χ1n) is 22.2. The highest BCUT2D eigenvalue weighted by atomic mass is 32.2. The highest BCUT2D eigenvalue weighted by molar-refractivity contribution is 8.00. The summed E-state index contributed by atoms with van der Waals surface area (Å²) in [5, 5.41) is 30.7. The predicted molar refractivity (Wildman–Crippen MR) is 252 cm³/mol. The average Bonchev–Trinajstić information content (AvgIpc) is 3.89. The molecule has 2 saturated heterocycles. The van der Waals surface area contributed by atoms with E-state index in [2.05, 4.69) is 61.9 Å². The molecule has 2 aliphatic rings. The number of unbranched alkanes of at least 4 members (excludes halogenated alkanes) is 1. The van der Waals surface area contributed by atoms with E-state index in [1.165, 1.54) is 24.5 Å². The van der Waals surface area contributed by atoms with Crippen LogP contribution >= 0.6 is 11.8 Å². The van der Waals surface area contributed by atoms with Crippen LogP contribution in [0.4, 0.5) is 16.4 Å². The van der Waals surface area contributed by atoms with E-state index in [-0.39, 0.29) is 99.1 Å². The number of benzene rings is 1. The number of rotatable bonds is 32. The van der Waals surface area contributed by atoms with E-state index in [0.717, 1.165) is 25.0 Å². The zero-order valence-corrected chi connectivity index (χ0v) is 38.4. The number of carbonyl (C=O) groups is 5. The van der Waals surface area contributed by atoms with Gasteiger partial charge in [-0.15, -0.1) is 0 Å². The Hall–Kier alpha value is -6.48. The Morgan fingerprint density at radius 1 is 0.912 bits per heavy atom.